The van der Waals surface area contributed by atoms with Gasteiger partial charge >= 0.3 is 0 Å². The molecule has 0 saturated carbocycles. The predicted molar refractivity (Wildman–Crippen MR) is 57.7 cm³/mol. The molecule has 0 aliphatic rings. The lowest BCUT2D eigenvalue weighted by molar-refractivity contribution is 0.505. The van der Waals surface area contributed by atoms with Crippen molar-refractivity contribution in [1.82, 2.24) is 4.98 Å². The molecular weight excluding hydrogens is 192 g/mol. The second-order valence-corrected chi connectivity index (χ2v) is 2.75. The van der Waals surface area contributed by atoms with Crippen LogP contribution in [0.3, 0.4) is 0 Å². The Labute approximate surface area is 87.7 Å². The van der Waals surface area contributed by atoms with Gasteiger partial charge in [0, 0.05) is 11.8 Å². The Morgan fingerprint density at radius 3 is 2.60 bits per heavy atom. The summed E-state index contributed by atoms with van der Waals surface area (Å²) in [4.78, 5) is 6.87. The van der Waals surface area contributed by atoms with Crippen molar-refractivity contribution >= 4 is 11.5 Å². The minimum Gasteiger partial charge on any atom is -0.519 e. The first-order chi connectivity index (χ1) is 7.19. The highest BCUT2D eigenvalue weighted by Crippen LogP contribution is 2.13. The van der Waals surface area contributed by atoms with Crippen molar-refractivity contribution in [3.63, 3.8) is 0 Å². The molecule has 0 saturated heterocycles. The van der Waals surface area contributed by atoms with Crippen LogP contribution in [0.4, 0.5) is 0 Å². The lowest BCUT2D eigenvalue weighted by atomic mass is 10.2. The molecule has 0 unspecified atom stereocenters. The van der Waals surface area contributed by atoms with E-state index < -0.39 is 0 Å². The molecule has 76 valence electrons. The molecule has 0 bridgehead atoms. The van der Waals surface area contributed by atoms with Gasteiger partial charge < -0.3 is 10.2 Å². The summed E-state index contributed by atoms with van der Waals surface area (Å²) in [5.41, 5.74) is 0.871. The third kappa shape index (κ3) is 2.58. The standard InChI is InChI=1S/C11H10N2O2/c1-3-10(14)9-5-4-8(6-13-9)11(15)7-12-2/h3-7,14-15H,1H3/b10-3-,11-7-. The average Bonchev–Trinajstić information content (AvgIpc) is 2.28. The Hall–Kier alpha value is -2.28. The van der Waals surface area contributed by atoms with E-state index >= 15 is 0 Å². The van der Waals surface area contributed by atoms with Crippen molar-refractivity contribution in [2.24, 2.45) is 0 Å². The molecule has 1 aromatic heterocycles. The van der Waals surface area contributed by atoms with Crippen molar-refractivity contribution in [3.05, 3.63) is 53.3 Å². The second kappa shape index (κ2) is 4.82. The molecule has 1 aromatic rings. The SMILES string of the molecule is [C-]#[N+]/C=C(\O)c1ccc(/C(O)=C/C)nc1. The molecule has 0 aliphatic heterocycles. The maximum Gasteiger partial charge on any atom is 0.195 e. The predicted octanol–water partition coefficient (Wildman–Crippen LogP) is 2.78. The first-order valence-electron chi connectivity index (χ1n) is 4.26. The van der Waals surface area contributed by atoms with Crippen LogP contribution in [0.15, 0.2) is 30.6 Å². The lowest BCUT2D eigenvalue weighted by Crippen LogP contribution is -1.90. The van der Waals surface area contributed by atoms with Gasteiger partial charge in [-0.3, -0.25) is 4.98 Å². The van der Waals surface area contributed by atoms with Crippen LogP contribution in [-0.2, 0) is 0 Å². The molecule has 1 rings (SSSR count). The zero-order valence-corrected chi connectivity index (χ0v) is 8.18. The first kappa shape index (κ1) is 10.8. The molecule has 4 heteroatoms. The zero-order valence-electron chi connectivity index (χ0n) is 8.18. The number of nitrogens with zero attached hydrogens (tertiary/aromatic N) is 2. The van der Waals surface area contributed by atoms with E-state index in [4.69, 9.17) is 6.57 Å². The fourth-order valence-corrected chi connectivity index (χ4v) is 0.980. The minimum absolute atomic E-state index is 0.0789. The quantitative estimate of drug-likeness (QED) is 0.572. The molecule has 0 aromatic carbocycles. The summed E-state index contributed by atoms with van der Waals surface area (Å²) in [7, 11) is 0. The number of aliphatic hydroxyl groups is 2. The summed E-state index contributed by atoms with van der Waals surface area (Å²) in [6.45, 7) is 8.24. The smallest absolute Gasteiger partial charge is 0.195 e. The van der Waals surface area contributed by atoms with E-state index in [0.717, 1.165) is 6.20 Å². The van der Waals surface area contributed by atoms with Crippen LogP contribution >= 0.6 is 0 Å². The van der Waals surface area contributed by atoms with Gasteiger partial charge in [-0.2, -0.15) is 0 Å². The number of allylic oxidation sites excluding steroid dienone is 1. The fourth-order valence-electron chi connectivity index (χ4n) is 0.980. The van der Waals surface area contributed by atoms with Gasteiger partial charge in [-0.25, -0.2) is 4.85 Å². The van der Waals surface area contributed by atoms with Crippen molar-refractivity contribution in [3.8, 4) is 0 Å². The summed E-state index contributed by atoms with van der Waals surface area (Å²) in [6, 6.07) is 3.15. The van der Waals surface area contributed by atoms with E-state index in [1.165, 1.54) is 12.3 Å². The number of hydrogen-bond donors (Lipinski definition) is 2. The van der Waals surface area contributed by atoms with Crippen molar-refractivity contribution in [2.45, 2.75) is 6.92 Å². The number of aromatic nitrogens is 1. The zero-order chi connectivity index (χ0) is 11.3. The Morgan fingerprint density at radius 2 is 2.13 bits per heavy atom. The van der Waals surface area contributed by atoms with E-state index in [1.54, 1.807) is 19.1 Å². The van der Waals surface area contributed by atoms with Gasteiger partial charge in [0.05, 0.1) is 6.57 Å². The number of aliphatic hydroxyl groups excluding tert-OH is 2. The minimum atomic E-state index is -0.135. The van der Waals surface area contributed by atoms with Crippen LogP contribution in [-0.4, -0.2) is 15.2 Å². The van der Waals surface area contributed by atoms with Crippen LogP contribution in [0.25, 0.3) is 16.4 Å². The topological polar surface area (TPSA) is 57.7 Å². The summed E-state index contributed by atoms with van der Waals surface area (Å²) >= 11 is 0. The molecule has 0 amide bonds. The Bertz CT molecular complexity index is 439. The largest absolute Gasteiger partial charge is 0.519 e. The maximum absolute atomic E-state index is 9.34. The lowest BCUT2D eigenvalue weighted by Gasteiger charge is -2.01. The monoisotopic (exact) mass is 202 g/mol. The van der Waals surface area contributed by atoms with Gasteiger partial charge in [0.15, 0.2) is 6.20 Å². The highest BCUT2D eigenvalue weighted by Gasteiger charge is 2.02. The van der Waals surface area contributed by atoms with E-state index in [-0.39, 0.29) is 11.5 Å². The normalized spacial score (nSPS) is 12.3. The Balaban J connectivity index is 3.01. The number of rotatable bonds is 2. The van der Waals surface area contributed by atoms with E-state index in [1.807, 2.05) is 0 Å². The molecule has 0 radical (unpaired) electrons. The van der Waals surface area contributed by atoms with E-state index in [9.17, 15) is 10.2 Å². The van der Waals surface area contributed by atoms with Gasteiger partial charge in [0.2, 0.25) is 0 Å². The molecule has 4 nitrogen and oxygen atoms in total. The third-order valence-corrected chi connectivity index (χ3v) is 1.78. The summed E-state index contributed by atoms with van der Waals surface area (Å²) in [6.07, 6.45) is 3.93. The van der Waals surface area contributed by atoms with Gasteiger partial charge in [-0.1, -0.05) is 0 Å². The molecule has 0 fully saturated rings. The molecule has 0 spiro atoms. The summed E-state index contributed by atoms with van der Waals surface area (Å²) in [5, 5.41) is 18.7. The Morgan fingerprint density at radius 1 is 1.40 bits per heavy atom. The van der Waals surface area contributed by atoms with Gasteiger partial charge in [0.25, 0.3) is 0 Å². The van der Waals surface area contributed by atoms with Crippen molar-refractivity contribution < 1.29 is 10.2 Å². The first-order valence-corrected chi connectivity index (χ1v) is 4.26. The van der Waals surface area contributed by atoms with Crippen LogP contribution in [0.2, 0.25) is 0 Å². The molecule has 0 aliphatic carbocycles. The van der Waals surface area contributed by atoms with Crippen LogP contribution in [0.5, 0.6) is 0 Å². The third-order valence-electron chi connectivity index (χ3n) is 1.78. The van der Waals surface area contributed by atoms with Crippen LogP contribution < -0.4 is 0 Å². The highest BCUT2D eigenvalue weighted by molar-refractivity contribution is 5.61. The summed E-state index contributed by atoms with van der Waals surface area (Å²) in [5.74, 6) is -0.0563. The van der Waals surface area contributed by atoms with Gasteiger partial charge in [-0.05, 0) is 25.1 Å². The van der Waals surface area contributed by atoms with Gasteiger partial charge in [0.1, 0.15) is 17.2 Å². The maximum atomic E-state index is 9.34. The molecule has 1 heterocycles. The Kier molecular flexibility index (Phi) is 3.47. The molecule has 2 N–H and O–H groups in total. The van der Waals surface area contributed by atoms with E-state index in [0.29, 0.717) is 11.3 Å². The number of pyridine rings is 1. The van der Waals surface area contributed by atoms with Gasteiger partial charge in [-0.15, -0.1) is 0 Å². The van der Waals surface area contributed by atoms with Crippen molar-refractivity contribution in [2.75, 3.05) is 0 Å². The fraction of sp³-hybridized carbons (Fsp3) is 0.0909. The van der Waals surface area contributed by atoms with Crippen LogP contribution in [0.1, 0.15) is 18.2 Å². The second-order valence-electron chi connectivity index (χ2n) is 2.75. The number of hydrogen-bond acceptors (Lipinski definition) is 3. The molecule has 15 heavy (non-hydrogen) atoms. The van der Waals surface area contributed by atoms with E-state index in [2.05, 4.69) is 9.83 Å². The van der Waals surface area contributed by atoms with Crippen molar-refractivity contribution in [1.29, 1.82) is 0 Å². The molecular formula is C11H10N2O2. The summed E-state index contributed by atoms with van der Waals surface area (Å²) < 4.78 is 0. The average molecular weight is 202 g/mol. The molecule has 0 atom stereocenters. The van der Waals surface area contributed by atoms with Crippen LogP contribution in [0, 0.1) is 6.57 Å². The highest BCUT2D eigenvalue weighted by atomic mass is 16.3.